The van der Waals surface area contributed by atoms with Gasteiger partial charge < -0.3 is 0 Å². The van der Waals surface area contributed by atoms with Crippen molar-refractivity contribution in [1.82, 2.24) is 0 Å². The molecule has 0 saturated heterocycles. The zero-order valence-electron chi connectivity index (χ0n) is 10.7. The molecule has 6 nitrogen and oxygen atoms in total. The molecular formula is C13H7F3N2O4. The third kappa shape index (κ3) is 3.03. The number of halogens is 3. The van der Waals surface area contributed by atoms with Crippen LogP contribution in [0.1, 0.15) is 5.56 Å². The number of alkyl halides is 3. The predicted octanol–water partition coefficient (Wildman–Crippen LogP) is 4.19. The number of hydrogen-bond acceptors (Lipinski definition) is 4. The summed E-state index contributed by atoms with van der Waals surface area (Å²) in [4.78, 5) is 19.8. The fourth-order valence-corrected chi connectivity index (χ4v) is 1.94. The van der Waals surface area contributed by atoms with Crippen molar-refractivity contribution in [1.29, 1.82) is 0 Å². The molecule has 0 bridgehead atoms. The first-order valence-corrected chi connectivity index (χ1v) is 5.80. The zero-order chi connectivity index (χ0) is 16.5. The van der Waals surface area contributed by atoms with Crippen LogP contribution in [-0.4, -0.2) is 9.85 Å². The van der Waals surface area contributed by atoms with Gasteiger partial charge in [0.25, 0.3) is 11.4 Å². The molecule has 0 aliphatic carbocycles. The van der Waals surface area contributed by atoms with Gasteiger partial charge in [-0.05, 0) is 17.2 Å². The van der Waals surface area contributed by atoms with Crippen LogP contribution < -0.4 is 0 Å². The van der Waals surface area contributed by atoms with E-state index in [1.54, 1.807) is 0 Å². The number of nitro benzene ring substituents is 2. The van der Waals surface area contributed by atoms with Crippen molar-refractivity contribution in [2.75, 3.05) is 0 Å². The molecule has 0 heterocycles. The second-order valence-electron chi connectivity index (χ2n) is 4.30. The Bertz CT molecular complexity index is 727. The van der Waals surface area contributed by atoms with Gasteiger partial charge >= 0.3 is 6.18 Å². The highest BCUT2D eigenvalue weighted by molar-refractivity contribution is 5.73. The van der Waals surface area contributed by atoms with Crippen LogP contribution in [0.15, 0.2) is 42.5 Å². The van der Waals surface area contributed by atoms with Crippen LogP contribution >= 0.6 is 0 Å². The van der Waals surface area contributed by atoms with E-state index in [0.717, 1.165) is 30.3 Å². The lowest BCUT2D eigenvalue weighted by Gasteiger charge is -2.12. The minimum atomic E-state index is -4.68. The lowest BCUT2D eigenvalue weighted by molar-refractivity contribution is -0.394. The first kappa shape index (κ1) is 15.4. The number of hydrogen-bond donors (Lipinski definition) is 0. The molecular weight excluding hydrogens is 305 g/mol. The maximum absolute atomic E-state index is 13.0. The topological polar surface area (TPSA) is 86.3 Å². The van der Waals surface area contributed by atoms with Crippen molar-refractivity contribution in [3.05, 3.63) is 68.3 Å². The Balaban J connectivity index is 2.73. The Hall–Kier alpha value is -2.97. The third-order valence-electron chi connectivity index (χ3n) is 2.87. The Morgan fingerprint density at radius 1 is 0.864 bits per heavy atom. The quantitative estimate of drug-likeness (QED) is 0.628. The maximum atomic E-state index is 13.0. The molecule has 114 valence electrons. The van der Waals surface area contributed by atoms with Crippen molar-refractivity contribution in [2.24, 2.45) is 0 Å². The van der Waals surface area contributed by atoms with E-state index in [4.69, 9.17) is 0 Å². The van der Waals surface area contributed by atoms with Crippen LogP contribution in [0.5, 0.6) is 0 Å². The Labute approximate surface area is 121 Å². The number of rotatable bonds is 3. The first-order valence-electron chi connectivity index (χ1n) is 5.80. The molecule has 2 rings (SSSR count). The van der Waals surface area contributed by atoms with Gasteiger partial charge in [-0.25, -0.2) is 0 Å². The fourth-order valence-electron chi connectivity index (χ4n) is 1.94. The summed E-state index contributed by atoms with van der Waals surface area (Å²) in [6.07, 6.45) is -4.68. The average molecular weight is 312 g/mol. The smallest absolute Gasteiger partial charge is 0.258 e. The molecule has 0 N–H and O–H groups in total. The highest BCUT2D eigenvalue weighted by Crippen LogP contribution is 2.39. The molecule has 0 spiro atoms. The number of nitrogens with zero attached hydrogens (tertiary/aromatic N) is 2. The standard InChI is InChI=1S/C13H7F3N2O4/c14-13(15,16)12-4-2-1-3-11(12)8-5-9(17(19)20)7-10(6-8)18(21)22/h1-7H. The summed E-state index contributed by atoms with van der Waals surface area (Å²) in [5, 5.41) is 21.6. The van der Waals surface area contributed by atoms with E-state index < -0.39 is 33.0 Å². The molecule has 0 amide bonds. The van der Waals surface area contributed by atoms with E-state index in [1.165, 1.54) is 6.07 Å². The van der Waals surface area contributed by atoms with Crippen LogP contribution in [0.3, 0.4) is 0 Å². The monoisotopic (exact) mass is 312 g/mol. The van der Waals surface area contributed by atoms with Gasteiger partial charge in [0.15, 0.2) is 0 Å². The molecule has 0 atom stereocenters. The van der Waals surface area contributed by atoms with Crippen LogP contribution in [0.25, 0.3) is 11.1 Å². The second kappa shape index (κ2) is 5.43. The molecule has 0 unspecified atom stereocenters. The third-order valence-corrected chi connectivity index (χ3v) is 2.87. The molecule has 0 radical (unpaired) electrons. The van der Waals surface area contributed by atoms with Crippen LogP contribution in [-0.2, 0) is 6.18 Å². The molecule has 0 saturated carbocycles. The van der Waals surface area contributed by atoms with Crippen molar-refractivity contribution in [3.8, 4) is 11.1 Å². The van der Waals surface area contributed by atoms with E-state index in [0.29, 0.717) is 6.07 Å². The summed E-state index contributed by atoms with van der Waals surface area (Å²) in [5.74, 6) is 0. The van der Waals surface area contributed by atoms with Gasteiger partial charge in [0.1, 0.15) is 0 Å². The van der Waals surface area contributed by atoms with Crippen molar-refractivity contribution in [2.45, 2.75) is 6.18 Å². The Morgan fingerprint density at radius 2 is 1.36 bits per heavy atom. The normalized spacial score (nSPS) is 11.2. The van der Waals surface area contributed by atoms with E-state index >= 15 is 0 Å². The van der Waals surface area contributed by atoms with Crippen LogP contribution in [0.4, 0.5) is 24.5 Å². The molecule has 22 heavy (non-hydrogen) atoms. The molecule has 0 aliphatic rings. The fraction of sp³-hybridized carbons (Fsp3) is 0.0769. The van der Waals surface area contributed by atoms with Crippen LogP contribution in [0, 0.1) is 20.2 Å². The van der Waals surface area contributed by atoms with Gasteiger partial charge in [-0.3, -0.25) is 20.2 Å². The summed E-state index contributed by atoms with van der Waals surface area (Å²) < 4.78 is 39.0. The maximum Gasteiger partial charge on any atom is 0.417 e. The first-order chi connectivity index (χ1) is 10.2. The lowest BCUT2D eigenvalue weighted by Crippen LogP contribution is -2.07. The SMILES string of the molecule is O=[N+]([O-])c1cc(-c2ccccc2C(F)(F)F)cc([N+](=O)[O-])c1. The van der Waals surface area contributed by atoms with Crippen molar-refractivity contribution in [3.63, 3.8) is 0 Å². The largest absolute Gasteiger partial charge is 0.417 e. The number of benzene rings is 2. The molecule has 0 aromatic heterocycles. The van der Waals surface area contributed by atoms with E-state index in [-0.39, 0.29) is 11.1 Å². The van der Waals surface area contributed by atoms with Gasteiger partial charge in [-0.1, -0.05) is 18.2 Å². The Morgan fingerprint density at radius 3 is 1.82 bits per heavy atom. The predicted molar refractivity (Wildman–Crippen MR) is 70.2 cm³/mol. The van der Waals surface area contributed by atoms with E-state index in [1.807, 2.05) is 0 Å². The van der Waals surface area contributed by atoms with Gasteiger partial charge in [0, 0.05) is 12.1 Å². The summed E-state index contributed by atoms with van der Waals surface area (Å²) in [6, 6.07) is 6.83. The molecule has 0 fully saturated rings. The molecule has 9 heteroatoms. The van der Waals surface area contributed by atoms with Crippen molar-refractivity contribution >= 4 is 11.4 Å². The summed E-state index contributed by atoms with van der Waals surface area (Å²) in [6.45, 7) is 0. The minimum absolute atomic E-state index is 0.242. The second-order valence-corrected chi connectivity index (χ2v) is 4.30. The lowest BCUT2D eigenvalue weighted by atomic mass is 9.98. The van der Waals surface area contributed by atoms with Crippen LogP contribution in [0.2, 0.25) is 0 Å². The van der Waals surface area contributed by atoms with E-state index in [9.17, 15) is 33.4 Å². The summed E-state index contributed by atoms with van der Waals surface area (Å²) in [5.41, 5.74) is -2.93. The summed E-state index contributed by atoms with van der Waals surface area (Å²) >= 11 is 0. The van der Waals surface area contributed by atoms with Gasteiger partial charge in [0.2, 0.25) is 0 Å². The molecule has 2 aromatic rings. The number of nitro groups is 2. The number of non-ortho nitro benzene ring substituents is 2. The van der Waals surface area contributed by atoms with Gasteiger partial charge in [0.05, 0.1) is 21.5 Å². The zero-order valence-corrected chi connectivity index (χ0v) is 10.7. The highest BCUT2D eigenvalue weighted by atomic mass is 19.4. The highest BCUT2D eigenvalue weighted by Gasteiger charge is 2.34. The Kier molecular flexibility index (Phi) is 3.81. The van der Waals surface area contributed by atoms with Crippen molar-refractivity contribution < 1.29 is 23.0 Å². The van der Waals surface area contributed by atoms with Gasteiger partial charge in [-0.2, -0.15) is 13.2 Å². The summed E-state index contributed by atoms with van der Waals surface area (Å²) in [7, 11) is 0. The molecule has 0 aliphatic heterocycles. The average Bonchev–Trinajstić information content (AvgIpc) is 2.45. The van der Waals surface area contributed by atoms with E-state index in [2.05, 4.69) is 0 Å². The molecule has 2 aromatic carbocycles. The minimum Gasteiger partial charge on any atom is -0.258 e. The van der Waals surface area contributed by atoms with Gasteiger partial charge in [-0.15, -0.1) is 0 Å².